The molecule has 4 aliphatic carbocycles. The van der Waals surface area contributed by atoms with Crippen LogP contribution in [0.1, 0.15) is 128 Å². The molecule has 0 radical (unpaired) electrons. The zero-order valence-electron chi connectivity index (χ0n) is 25.3. The van der Waals surface area contributed by atoms with E-state index in [2.05, 4.69) is 18.4 Å². The molecule has 2 saturated heterocycles. The Hall–Kier alpha value is 0.460. The largest absolute Gasteiger partial charge is 0.360 e. The summed E-state index contributed by atoms with van der Waals surface area (Å²) in [7, 11) is 4.00. The predicted molar refractivity (Wildman–Crippen MR) is 169 cm³/mol. The third-order valence-electron chi connectivity index (χ3n) is 10.9. The highest BCUT2D eigenvalue weighted by Crippen LogP contribution is 2.38. The maximum absolute atomic E-state index is 6.57. The molecule has 40 heavy (non-hydrogen) atoms. The van der Waals surface area contributed by atoms with E-state index in [-0.39, 0.29) is 12.5 Å². The van der Waals surface area contributed by atoms with Gasteiger partial charge in [-0.05, 0) is 51.4 Å². The Balaban J connectivity index is 1.04. The molecule has 0 spiro atoms. The van der Waals surface area contributed by atoms with Crippen LogP contribution in [0, 0.1) is 0 Å². The van der Waals surface area contributed by atoms with Crippen molar-refractivity contribution in [1.82, 2.24) is 18.4 Å². The van der Waals surface area contributed by atoms with Gasteiger partial charge in [0.25, 0.3) is 0 Å². The fourth-order valence-corrected chi connectivity index (χ4v) is 11.1. The van der Waals surface area contributed by atoms with Crippen molar-refractivity contribution in [2.45, 2.75) is 165 Å². The summed E-state index contributed by atoms with van der Waals surface area (Å²) in [6, 6.07) is 2.96. The van der Waals surface area contributed by atoms with Gasteiger partial charge in [-0.3, -0.25) is 9.80 Å². The molecule has 8 heteroatoms. The Morgan fingerprint density at radius 3 is 1.02 bits per heavy atom. The number of rotatable bonds is 9. The topological polar surface area (TPSA) is 31.4 Å². The van der Waals surface area contributed by atoms with E-state index in [4.69, 9.17) is 9.47 Å². The fraction of sp³-hybridized carbons (Fsp3) is 1.00. The predicted octanol–water partition coefficient (Wildman–Crippen LogP) is 7.45. The lowest BCUT2D eigenvalue weighted by molar-refractivity contribution is -0.136. The van der Waals surface area contributed by atoms with Crippen molar-refractivity contribution in [2.24, 2.45) is 0 Å². The van der Waals surface area contributed by atoms with E-state index >= 15 is 0 Å². The van der Waals surface area contributed by atoms with Crippen molar-refractivity contribution in [3.05, 3.63) is 0 Å². The van der Waals surface area contributed by atoms with Crippen LogP contribution in [0.15, 0.2) is 0 Å². The number of ether oxygens (including phenoxy) is 2. The molecule has 2 heterocycles. The van der Waals surface area contributed by atoms with E-state index in [1.165, 1.54) is 128 Å². The molecule has 6 nitrogen and oxygen atoms in total. The first kappa shape index (κ1) is 30.5. The lowest BCUT2D eigenvalue weighted by Crippen LogP contribution is -2.57. The first-order valence-corrected chi connectivity index (χ1v) is 19.5. The van der Waals surface area contributed by atoms with Crippen LogP contribution in [0.25, 0.3) is 0 Å². The van der Waals surface area contributed by atoms with Crippen LogP contribution in [-0.2, 0) is 9.47 Å². The Bertz CT molecular complexity index is 630. The molecule has 6 aliphatic rings. The minimum atomic E-state index is 0.276. The molecule has 0 N–H and O–H groups in total. The lowest BCUT2D eigenvalue weighted by atomic mass is 9.88. The SMILES string of the molecule is C1CCC(N(C2CCCCC2)C2CN(SSN3CCOC(N(C4CCCCC4)C4CCCCC4)C3)CCO2)CC1. The Morgan fingerprint density at radius 2 is 0.725 bits per heavy atom. The molecule has 4 saturated carbocycles. The van der Waals surface area contributed by atoms with Crippen molar-refractivity contribution >= 4 is 22.0 Å². The highest BCUT2D eigenvalue weighted by molar-refractivity contribution is 8.74. The fourth-order valence-electron chi connectivity index (χ4n) is 8.86. The Morgan fingerprint density at radius 1 is 0.425 bits per heavy atom. The second-order valence-electron chi connectivity index (χ2n) is 13.6. The molecule has 0 aromatic heterocycles. The smallest absolute Gasteiger partial charge is 0.124 e. The summed E-state index contributed by atoms with van der Waals surface area (Å²) in [6.07, 6.45) is 28.6. The molecular formula is C32H58N4O2S2. The van der Waals surface area contributed by atoms with Crippen molar-refractivity contribution in [3.63, 3.8) is 0 Å². The van der Waals surface area contributed by atoms with E-state index in [1.54, 1.807) is 0 Å². The van der Waals surface area contributed by atoms with Gasteiger partial charge in [0.15, 0.2) is 0 Å². The summed E-state index contributed by atoms with van der Waals surface area (Å²) in [5.41, 5.74) is 0. The monoisotopic (exact) mass is 594 g/mol. The summed E-state index contributed by atoms with van der Waals surface area (Å²) in [5.74, 6) is 0. The van der Waals surface area contributed by atoms with Crippen LogP contribution in [0.5, 0.6) is 0 Å². The number of nitrogens with zero attached hydrogens (tertiary/aromatic N) is 4. The summed E-state index contributed by atoms with van der Waals surface area (Å²) in [6.45, 7) is 5.93. The normalized spacial score (nSPS) is 32.2. The van der Waals surface area contributed by atoms with Gasteiger partial charge in [0.2, 0.25) is 0 Å². The quantitative estimate of drug-likeness (QED) is 0.201. The molecule has 230 valence electrons. The second kappa shape index (κ2) is 16.0. The average molecular weight is 595 g/mol. The van der Waals surface area contributed by atoms with Gasteiger partial charge in [0.1, 0.15) is 12.5 Å². The maximum Gasteiger partial charge on any atom is 0.124 e. The minimum Gasteiger partial charge on any atom is -0.360 e. The Kier molecular flexibility index (Phi) is 12.2. The second-order valence-corrected chi connectivity index (χ2v) is 15.9. The first-order chi connectivity index (χ1) is 19.8. The molecule has 2 aliphatic heterocycles. The number of hydrogen-bond acceptors (Lipinski definition) is 8. The molecule has 0 bridgehead atoms. The maximum atomic E-state index is 6.57. The van der Waals surface area contributed by atoms with E-state index in [9.17, 15) is 0 Å². The van der Waals surface area contributed by atoms with Gasteiger partial charge in [-0.1, -0.05) is 77.0 Å². The molecule has 6 rings (SSSR count). The summed E-state index contributed by atoms with van der Waals surface area (Å²) in [5, 5.41) is 0. The van der Waals surface area contributed by atoms with Crippen molar-refractivity contribution < 1.29 is 9.47 Å². The van der Waals surface area contributed by atoms with Crippen molar-refractivity contribution in [3.8, 4) is 0 Å². The van der Waals surface area contributed by atoms with Gasteiger partial charge in [-0.2, -0.15) is 0 Å². The van der Waals surface area contributed by atoms with Gasteiger partial charge in [0, 0.05) is 72.3 Å². The minimum absolute atomic E-state index is 0.276. The Labute approximate surface area is 253 Å². The lowest BCUT2D eigenvalue weighted by Gasteiger charge is -2.49. The van der Waals surface area contributed by atoms with Gasteiger partial charge in [-0.25, -0.2) is 8.61 Å². The molecule has 0 amide bonds. The summed E-state index contributed by atoms with van der Waals surface area (Å²) < 4.78 is 18.4. The van der Waals surface area contributed by atoms with Crippen LogP contribution in [0.4, 0.5) is 0 Å². The third kappa shape index (κ3) is 8.13. The molecule has 0 aromatic rings. The summed E-state index contributed by atoms with van der Waals surface area (Å²) in [4.78, 5) is 5.79. The molecule has 0 aromatic carbocycles. The van der Waals surface area contributed by atoms with Crippen molar-refractivity contribution in [1.29, 1.82) is 0 Å². The van der Waals surface area contributed by atoms with Gasteiger partial charge in [-0.15, -0.1) is 0 Å². The number of morpholine rings is 2. The van der Waals surface area contributed by atoms with Crippen LogP contribution in [0.3, 0.4) is 0 Å². The highest BCUT2D eigenvalue weighted by Gasteiger charge is 2.39. The molecule has 2 unspecified atom stereocenters. The first-order valence-electron chi connectivity index (χ1n) is 17.5. The highest BCUT2D eigenvalue weighted by atomic mass is 33.1. The van der Waals surface area contributed by atoms with E-state index in [1.807, 2.05) is 22.0 Å². The number of hydrogen-bond donors (Lipinski definition) is 0. The van der Waals surface area contributed by atoms with Crippen LogP contribution in [0.2, 0.25) is 0 Å². The van der Waals surface area contributed by atoms with E-state index in [0.29, 0.717) is 0 Å². The van der Waals surface area contributed by atoms with E-state index in [0.717, 1.165) is 63.6 Å². The van der Waals surface area contributed by atoms with Gasteiger partial charge in [0.05, 0.1) is 13.2 Å². The van der Waals surface area contributed by atoms with Crippen LogP contribution >= 0.6 is 22.0 Å². The molecule has 2 atom stereocenters. The average Bonchev–Trinajstić information content (AvgIpc) is 3.03. The van der Waals surface area contributed by atoms with Crippen molar-refractivity contribution in [2.75, 3.05) is 39.4 Å². The van der Waals surface area contributed by atoms with Crippen LogP contribution in [-0.4, -0.2) is 94.4 Å². The zero-order chi connectivity index (χ0) is 27.0. The van der Waals surface area contributed by atoms with Crippen LogP contribution < -0.4 is 0 Å². The van der Waals surface area contributed by atoms with Gasteiger partial charge < -0.3 is 9.47 Å². The molecular weight excluding hydrogens is 537 g/mol. The van der Waals surface area contributed by atoms with Gasteiger partial charge >= 0.3 is 0 Å². The third-order valence-corrected chi connectivity index (χ3v) is 13.5. The standard InChI is InChI=1S/C32H58N4O2S2/c1-5-13-27(14-6-1)35(28-15-7-2-8-16-28)31-25-33(21-23-37-31)39-40-34-22-24-38-32(26-34)36(29-17-9-3-10-18-29)30-19-11-4-12-20-30/h27-32H,1-26H2. The summed E-state index contributed by atoms with van der Waals surface area (Å²) >= 11 is 0. The molecule has 6 fully saturated rings. The van der Waals surface area contributed by atoms with E-state index < -0.39 is 0 Å². The zero-order valence-corrected chi connectivity index (χ0v) is 26.9.